The Labute approximate surface area is 94.4 Å². The van der Waals surface area contributed by atoms with Gasteiger partial charge in [-0.05, 0) is 22.0 Å². The van der Waals surface area contributed by atoms with Crippen LogP contribution in [0, 0.1) is 0 Å². The molecule has 0 unspecified atom stereocenters. The predicted octanol–water partition coefficient (Wildman–Crippen LogP) is 1.83. The van der Waals surface area contributed by atoms with Gasteiger partial charge in [-0.1, -0.05) is 0 Å². The molecule has 4 nitrogen and oxygen atoms in total. The molecule has 0 fully saturated rings. The Morgan fingerprint density at radius 2 is 2.33 bits per heavy atom. The van der Waals surface area contributed by atoms with E-state index in [1.54, 1.807) is 18.7 Å². The Bertz CT molecular complexity index is 530. The zero-order chi connectivity index (χ0) is 10.8. The highest BCUT2D eigenvalue weighted by Crippen LogP contribution is 2.14. The number of aromatic nitrogens is 1. The Morgan fingerprint density at radius 1 is 1.53 bits per heavy atom. The number of nitrogen functional groups attached to an aromatic ring is 1. The molecule has 0 amide bonds. The normalized spacial score (nSPS) is 10.5. The predicted molar refractivity (Wildman–Crippen MR) is 60.6 cm³/mol. The molecule has 0 bridgehead atoms. The highest BCUT2D eigenvalue weighted by Gasteiger charge is 2.00. The van der Waals surface area contributed by atoms with Crippen molar-refractivity contribution in [2.24, 2.45) is 0 Å². The van der Waals surface area contributed by atoms with Gasteiger partial charge in [-0.15, -0.1) is 0 Å². The third kappa shape index (κ3) is 2.30. The van der Waals surface area contributed by atoms with Gasteiger partial charge in [-0.2, -0.15) is 0 Å². The van der Waals surface area contributed by atoms with Crippen LogP contribution >= 0.6 is 15.9 Å². The van der Waals surface area contributed by atoms with Crippen molar-refractivity contribution in [2.75, 3.05) is 5.73 Å². The summed E-state index contributed by atoms with van der Waals surface area (Å²) in [5, 5.41) is 0. The van der Waals surface area contributed by atoms with E-state index in [4.69, 9.17) is 10.2 Å². The fourth-order valence-corrected chi connectivity index (χ4v) is 1.67. The van der Waals surface area contributed by atoms with Gasteiger partial charge in [0.15, 0.2) is 4.67 Å². The van der Waals surface area contributed by atoms with Crippen molar-refractivity contribution in [2.45, 2.75) is 6.54 Å². The smallest absolute Gasteiger partial charge is 0.204 e. The summed E-state index contributed by atoms with van der Waals surface area (Å²) >= 11 is 3.22. The molecule has 0 atom stereocenters. The minimum Gasteiger partial charge on any atom is -0.457 e. The van der Waals surface area contributed by atoms with E-state index in [0.717, 1.165) is 5.56 Å². The number of halogens is 1. The second-order valence-corrected chi connectivity index (χ2v) is 3.98. The summed E-state index contributed by atoms with van der Waals surface area (Å²) < 4.78 is 7.62. The second kappa shape index (κ2) is 3.94. The van der Waals surface area contributed by atoms with Gasteiger partial charge < -0.3 is 14.7 Å². The van der Waals surface area contributed by atoms with Crippen molar-refractivity contribution >= 4 is 21.6 Å². The minimum absolute atomic E-state index is 0.153. The number of nitrogens with zero attached hydrogens (tertiary/aromatic N) is 1. The van der Waals surface area contributed by atoms with E-state index in [9.17, 15) is 4.79 Å². The van der Waals surface area contributed by atoms with Crippen LogP contribution in [0.5, 0.6) is 0 Å². The molecule has 0 saturated carbocycles. The SMILES string of the molecule is Nc1cn(Cc2coc(Br)c2)ccc1=O. The molecule has 0 aliphatic heterocycles. The monoisotopic (exact) mass is 268 g/mol. The zero-order valence-corrected chi connectivity index (χ0v) is 9.40. The van der Waals surface area contributed by atoms with E-state index < -0.39 is 0 Å². The maximum atomic E-state index is 11.1. The number of furan rings is 1. The number of anilines is 1. The lowest BCUT2D eigenvalue weighted by atomic mass is 10.3. The first-order valence-corrected chi connectivity index (χ1v) is 5.13. The summed E-state index contributed by atoms with van der Waals surface area (Å²) in [7, 11) is 0. The first-order valence-electron chi connectivity index (χ1n) is 4.33. The molecule has 0 aliphatic rings. The Hall–Kier alpha value is -1.49. The third-order valence-corrected chi connectivity index (χ3v) is 2.41. The third-order valence-electron chi connectivity index (χ3n) is 1.99. The molecule has 2 heterocycles. The number of hydrogen-bond acceptors (Lipinski definition) is 3. The first-order chi connectivity index (χ1) is 7.15. The van der Waals surface area contributed by atoms with E-state index in [1.807, 2.05) is 10.6 Å². The molecular weight excluding hydrogens is 260 g/mol. The van der Waals surface area contributed by atoms with E-state index in [2.05, 4.69) is 15.9 Å². The van der Waals surface area contributed by atoms with Crippen molar-refractivity contribution < 1.29 is 4.42 Å². The van der Waals surface area contributed by atoms with E-state index in [-0.39, 0.29) is 11.1 Å². The van der Waals surface area contributed by atoms with E-state index in [0.29, 0.717) is 11.2 Å². The molecule has 78 valence electrons. The van der Waals surface area contributed by atoms with Crippen LogP contribution in [0.3, 0.4) is 0 Å². The number of nitrogens with two attached hydrogens (primary N) is 1. The molecule has 0 aliphatic carbocycles. The van der Waals surface area contributed by atoms with Crippen molar-refractivity contribution in [3.05, 3.63) is 51.2 Å². The maximum Gasteiger partial charge on any atom is 0.204 e. The van der Waals surface area contributed by atoms with Gasteiger partial charge >= 0.3 is 0 Å². The summed E-state index contributed by atoms with van der Waals surface area (Å²) in [5.41, 5.74) is 6.61. The molecule has 0 radical (unpaired) electrons. The van der Waals surface area contributed by atoms with Crippen LogP contribution in [0.1, 0.15) is 5.56 Å². The lowest BCUT2D eigenvalue weighted by molar-refractivity contribution is 0.537. The number of rotatable bonds is 2. The molecular formula is C10H9BrN2O2. The van der Waals surface area contributed by atoms with Gasteiger partial charge in [0, 0.05) is 24.0 Å². The van der Waals surface area contributed by atoms with Crippen molar-refractivity contribution in [3.8, 4) is 0 Å². The Kier molecular flexibility index (Phi) is 2.64. The summed E-state index contributed by atoms with van der Waals surface area (Å²) in [5.74, 6) is 0. The summed E-state index contributed by atoms with van der Waals surface area (Å²) in [6, 6.07) is 3.32. The van der Waals surface area contributed by atoms with Gasteiger partial charge in [-0.25, -0.2) is 0 Å². The highest BCUT2D eigenvalue weighted by molar-refractivity contribution is 9.10. The van der Waals surface area contributed by atoms with Gasteiger partial charge in [0.25, 0.3) is 0 Å². The summed E-state index contributed by atoms with van der Waals surface area (Å²) in [6.45, 7) is 0.625. The topological polar surface area (TPSA) is 61.2 Å². The standard InChI is InChI=1S/C10H9BrN2O2/c11-10-3-7(6-15-10)4-13-2-1-9(14)8(12)5-13/h1-3,5-6H,4,12H2. The fourth-order valence-electron chi connectivity index (χ4n) is 1.28. The van der Waals surface area contributed by atoms with Crippen LogP contribution in [0.4, 0.5) is 5.69 Å². The van der Waals surface area contributed by atoms with Crippen molar-refractivity contribution in [1.82, 2.24) is 4.57 Å². The summed E-state index contributed by atoms with van der Waals surface area (Å²) in [4.78, 5) is 11.1. The van der Waals surface area contributed by atoms with E-state index >= 15 is 0 Å². The van der Waals surface area contributed by atoms with Crippen LogP contribution in [0.25, 0.3) is 0 Å². The molecule has 0 aromatic carbocycles. The Balaban J connectivity index is 2.25. The molecule has 0 spiro atoms. The van der Waals surface area contributed by atoms with Gasteiger partial charge in [0.05, 0.1) is 18.5 Å². The lowest BCUT2D eigenvalue weighted by Gasteiger charge is -2.04. The largest absolute Gasteiger partial charge is 0.457 e. The van der Waals surface area contributed by atoms with E-state index in [1.165, 1.54) is 6.07 Å². The lowest BCUT2D eigenvalue weighted by Crippen LogP contribution is -2.10. The molecule has 0 saturated heterocycles. The molecule has 2 aromatic rings. The Morgan fingerprint density at radius 3 is 2.93 bits per heavy atom. The maximum absolute atomic E-state index is 11.1. The molecule has 2 aromatic heterocycles. The quantitative estimate of drug-likeness (QED) is 0.904. The summed E-state index contributed by atoms with van der Waals surface area (Å²) in [6.07, 6.45) is 4.96. The molecule has 15 heavy (non-hydrogen) atoms. The number of pyridine rings is 1. The second-order valence-electron chi connectivity index (χ2n) is 3.20. The molecule has 2 N–H and O–H groups in total. The van der Waals surface area contributed by atoms with Crippen molar-refractivity contribution in [3.63, 3.8) is 0 Å². The average molecular weight is 269 g/mol. The van der Waals surface area contributed by atoms with Gasteiger partial charge in [0.2, 0.25) is 5.43 Å². The van der Waals surface area contributed by atoms with Crippen molar-refractivity contribution in [1.29, 1.82) is 0 Å². The fraction of sp³-hybridized carbons (Fsp3) is 0.100. The van der Waals surface area contributed by atoms with Crippen LogP contribution in [-0.4, -0.2) is 4.57 Å². The minimum atomic E-state index is -0.153. The highest BCUT2D eigenvalue weighted by atomic mass is 79.9. The number of hydrogen-bond donors (Lipinski definition) is 1. The van der Waals surface area contributed by atoms with Crippen LogP contribution in [-0.2, 0) is 6.54 Å². The first kappa shape index (κ1) is 10.0. The molecule has 2 rings (SSSR count). The zero-order valence-electron chi connectivity index (χ0n) is 7.81. The average Bonchev–Trinajstić information content (AvgIpc) is 2.58. The van der Waals surface area contributed by atoms with Crippen LogP contribution in [0.15, 0.2) is 44.7 Å². The molecule has 5 heteroatoms. The van der Waals surface area contributed by atoms with Gasteiger partial charge in [-0.3, -0.25) is 4.79 Å². The van der Waals surface area contributed by atoms with Crippen LogP contribution in [0.2, 0.25) is 0 Å². The van der Waals surface area contributed by atoms with Gasteiger partial charge in [0.1, 0.15) is 0 Å². The van der Waals surface area contributed by atoms with Crippen LogP contribution < -0.4 is 11.2 Å².